The van der Waals surface area contributed by atoms with Gasteiger partial charge in [0.25, 0.3) is 11.8 Å². The van der Waals surface area contributed by atoms with Crippen LogP contribution in [-0.4, -0.2) is 55.9 Å². The predicted octanol–water partition coefficient (Wildman–Crippen LogP) is 2.94. The molecule has 0 bridgehead atoms. The first-order valence-electron chi connectivity index (χ1n) is 9.72. The zero-order chi connectivity index (χ0) is 24.8. The monoisotopic (exact) mass is 489 g/mol. The smallest absolute Gasteiger partial charge is 0.313 e. The molecule has 0 radical (unpaired) electrons. The number of benzene rings is 2. The number of hydroxylamine groups is 2. The van der Waals surface area contributed by atoms with Crippen molar-refractivity contribution in [1.29, 1.82) is 0 Å². The largest absolute Gasteiger partial charge is 0.420 e. The highest BCUT2D eigenvalue weighted by molar-refractivity contribution is 6.20. The third kappa shape index (κ3) is 5.38. The van der Waals surface area contributed by atoms with Crippen molar-refractivity contribution >= 4 is 17.8 Å². The van der Waals surface area contributed by atoms with E-state index in [0.717, 1.165) is 0 Å². The molecule has 2 aromatic rings. The summed E-state index contributed by atoms with van der Waals surface area (Å²) in [7, 11) is 0. The molecule has 0 atom stereocenters. The van der Waals surface area contributed by atoms with Crippen molar-refractivity contribution in [3.05, 3.63) is 64.5 Å². The van der Waals surface area contributed by atoms with Gasteiger partial charge in [0, 0.05) is 0 Å². The van der Waals surface area contributed by atoms with Crippen LogP contribution in [0.5, 0.6) is 5.75 Å². The second kappa shape index (κ2) is 11.1. The molecule has 1 heterocycles. The standard InChI is InChI=1S/C21H16F5NO7/c22-14-15(23)17(25)19(18(26)16(14)24)34-13(28)5-6-31-7-8-32-9-10-33-27-20(29)11-3-1-2-4-12(11)21(27)30/h1-4H,5-10H2. The Labute approximate surface area is 188 Å². The van der Waals surface area contributed by atoms with Gasteiger partial charge in [-0.2, -0.15) is 8.78 Å². The molecule has 2 amide bonds. The van der Waals surface area contributed by atoms with E-state index in [1.165, 1.54) is 12.1 Å². The number of nitrogens with zero attached hydrogens (tertiary/aromatic N) is 1. The third-order valence-corrected chi connectivity index (χ3v) is 4.41. The fraction of sp³-hybridized carbons (Fsp3) is 0.286. The molecule has 0 spiro atoms. The molecule has 3 rings (SSSR count). The van der Waals surface area contributed by atoms with Crippen molar-refractivity contribution in [3.63, 3.8) is 0 Å². The Morgan fingerprint density at radius 1 is 0.706 bits per heavy atom. The second-order valence-corrected chi connectivity index (χ2v) is 6.63. The van der Waals surface area contributed by atoms with E-state index in [1.807, 2.05) is 0 Å². The Kier molecular flexibility index (Phi) is 8.26. The summed E-state index contributed by atoms with van der Waals surface area (Å²) in [6, 6.07) is 6.25. The number of carbonyl (C=O) groups excluding carboxylic acids is 3. The van der Waals surface area contributed by atoms with Crippen LogP contribution in [0.15, 0.2) is 24.3 Å². The molecule has 8 nitrogen and oxygen atoms in total. The Balaban J connectivity index is 1.29. The van der Waals surface area contributed by atoms with Crippen LogP contribution in [0.4, 0.5) is 22.0 Å². The molecule has 0 aromatic heterocycles. The minimum atomic E-state index is -2.37. The molecule has 0 saturated heterocycles. The van der Waals surface area contributed by atoms with Gasteiger partial charge in [0.1, 0.15) is 0 Å². The molecule has 0 fully saturated rings. The van der Waals surface area contributed by atoms with Crippen molar-refractivity contribution in [2.75, 3.05) is 33.0 Å². The number of hydrogen-bond acceptors (Lipinski definition) is 7. The first-order chi connectivity index (χ1) is 16.2. The number of ether oxygens (including phenoxy) is 3. The normalized spacial score (nSPS) is 12.9. The van der Waals surface area contributed by atoms with Gasteiger partial charge < -0.3 is 14.2 Å². The molecule has 1 aliphatic rings. The van der Waals surface area contributed by atoms with Crippen LogP contribution in [0.25, 0.3) is 0 Å². The van der Waals surface area contributed by atoms with E-state index in [1.54, 1.807) is 12.1 Å². The Bertz CT molecular complexity index is 1050. The van der Waals surface area contributed by atoms with Crippen molar-refractivity contribution in [3.8, 4) is 5.75 Å². The maximum absolute atomic E-state index is 13.5. The number of amides is 2. The topological polar surface area (TPSA) is 91.4 Å². The molecule has 0 N–H and O–H groups in total. The van der Waals surface area contributed by atoms with Gasteiger partial charge in [0.2, 0.25) is 34.8 Å². The lowest BCUT2D eigenvalue weighted by atomic mass is 10.1. The fourth-order valence-corrected chi connectivity index (χ4v) is 2.79. The van der Waals surface area contributed by atoms with Crippen LogP contribution in [-0.2, 0) is 19.1 Å². The van der Waals surface area contributed by atoms with Crippen molar-refractivity contribution in [2.24, 2.45) is 0 Å². The van der Waals surface area contributed by atoms with E-state index in [-0.39, 0.29) is 44.2 Å². The van der Waals surface area contributed by atoms with Crippen molar-refractivity contribution in [1.82, 2.24) is 5.06 Å². The van der Waals surface area contributed by atoms with Gasteiger partial charge in [-0.25, -0.2) is 13.2 Å². The van der Waals surface area contributed by atoms with Crippen LogP contribution in [0.2, 0.25) is 0 Å². The summed E-state index contributed by atoms with van der Waals surface area (Å²) >= 11 is 0. The van der Waals surface area contributed by atoms with E-state index in [2.05, 4.69) is 4.74 Å². The summed E-state index contributed by atoms with van der Waals surface area (Å²) in [5.41, 5.74) is 0.473. The molecule has 0 aliphatic carbocycles. The second-order valence-electron chi connectivity index (χ2n) is 6.63. The molecule has 0 unspecified atom stereocenters. The van der Waals surface area contributed by atoms with Crippen LogP contribution < -0.4 is 4.74 Å². The highest BCUT2D eigenvalue weighted by atomic mass is 19.2. The van der Waals surface area contributed by atoms with Gasteiger partial charge in [-0.1, -0.05) is 12.1 Å². The molecular weight excluding hydrogens is 473 g/mol. The molecule has 34 heavy (non-hydrogen) atoms. The van der Waals surface area contributed by atoms with Gasteiger partial charge in [0.05, 0.1) is 50.6 Å². The lowest BCUT2D eigenvalue weighted by molar-refractivity contribution is -0.136. The number of esters is 1. The maximum atomic E-state index is 13.5. The van der Waals surface area contributed by atoms with E-state index in [0.29, 0.717) is 5.06 Å². The van der Waals surface area contributed by atoms with Gasteiger partial charge in [0.15, 0.2) is 0 Å². The van der Waals surface area contributed by atoms with Gasteiger partial charge >= 0.3 is 5.97 Å². The molecule has 1 aliphatic heterocycles. The predicted molar refractivity (Wildman–Crippen MR) is 101 cm³/mol. The minimum Gasteiger partial charge on any atom is -0.420 e. The third-order valence-electron chi connectivity index (χ3n) is 4.41. The number of halogens is 5. The van der Waals surface area contributed by atoms with E-state index < -0.39 is 59.0 Å². The lowest BCUT2D eigenvalue weighted by Gasteiger charge is -2.13. The van der Waals surface area contributed by atoms with Gasteiger partial charge in [-0.05, 0) is 12.1 Å². The highest BCUT2D eigenvalue weighted by Gasteiger charge is 2.36. The van der Waals surface area contributed by atoms with Crippen LogP contribution in [0.1, 0.15) is 27.1 Å². The molecule has 13 heteroatoms. The first kappa shape index (κ1) is 25.2. The number of hydrogen-bond donors (Lipinski definition) is 0. The number of fused-ring (bicyclic) bond motifs is 1. The molecule has 182 valence electrons. The SMILES string of the molecule is O=C(CCOCCOCCON1C(=O)c2ccccc2C1=O)Oc1c(F)c(F)c(F)c(F)c1F. The maximum Gasteiger partial charge on any atom is 0.313 e. The summed E-state index contributed by atoms with van der Waals surface area (Å²) in [4.78, 5) is 40.9. The summed E-state index contributed by atoms with van der Waals surface area (Å²) in [6.45, 7) is -0.400. The number of imide groups is 1. The van der Waals surface area contributed by atoms with Gasteiger partial charge in [-0.15, -0.1) is 5.06 Å². The summed E-state index contributed by atoms with van der Waals surface area (Å²) in [6.07, 6.45) is -0.539. The van der Waals surface area contributed by atoms with Crippen LogP contribution >= 0.6 is 0 Å². The average molecular weight is 489 g/mol. The number of carbonyl (C=O) groups is 3. The first-order valence-corrected chi connectivity index (χ1v) is 9.72. The van der Waals surface area contributed by atoms with Crippen molar-refractivity contribution in [2.45, 2.75) is 6.42 Å². The molecule has 2 aromatic carbocycles. The zero-order valence-electron chi connectivity index (χ0n) is 17.2. The fourth-order valence-electron chi connectivity index (χ4n) is 2.79. The number of rotatable bonds is 11. The molecular formula is C21H16F5NO7. The molecule has 0 saturated carbocycles. The summed E-state index contributed by atoms with van der Waals surface area (Å²) < 4.78 is 80.5. The Morgan fingerprint density at radius 2 is 1.18 bits per heavy atom. The highest BCUT2D eigenvalue weighted by Crippen LogP contribution is 2.29. The van der Waals surface area contributed by atoms with Crippen molar-refractivity contribution < 1.29 is 55.4 Å². The average Bonchev–Trinajstić information content (AvgIpc) is 3.08. The minimum absolute atomic E-state index is 0.000937. The zero-order valence-corrected chi connectivity index (χ0v) is 17.2. The Hall–Kier alpha value is -3.42. The van der Waals surface area contributed by atoms with Crippen LogP contribution in [0, 0.1) is 29.1 Å². The lowest BCUT2D eigenvalue weighted by Crippen LogP contribution is -2.31. The van der Waals surface area contributed by atoms with E-state index in [9.17, 15) is 36.3 Å². The quantitative estimate of drug-likeness (QED) is 0.0912. The summed E-state index contributed by atoms with van der Waals surface area (Å²) in [5, 5.41) is 0.640. The Morgan fingerprint density at radius 3 is 1.74 bits per heavy atom. The van der Waals surface area contributed by atoms with Gasteiger partial charge in [-0.3, -0.25) is 19.2 Å². The van der Waals surface area contributed by atoms with E-state index >= 15 is 0 Å². The summed E-state index contributed by atoms with van der Waals surface area (Å²) in [5.74, 6) is -15.5. The van der Waals surface area contributed by atoms with Crippen LogP contribution in [0.3, 0.4) is 0 Å². The van der Waals surface area contributed by atoms with E-state index in [4.69, 9.17) is 14.3 Å².